The van der Waals surface area contributed by atoms with E-state index in [9.17, 15) is 18.0 Å². The molecule has 0 spiro atoms. The summed E-state index contributed by atoms with van der Waals surface area (Å²) in [7, 11) is -0.523. The fourth-order valence-corrected chi connectivity index (χ4v) is 4.86. The lowest BCUT2D eigenvalue weighted by Crippen LogP contribution is -2.32. The van der Waals surface area contributed by atoms with E-state index in [4.69, 9.17) is 0 Å². The van der Waals surface area contributed by atoms with Gasteiger partial charge in [-0.3, -0.25) is 9.59 Å². The lowest BCUT2D eigenvalue weighted by Gasteiger charge is -2.18. The van der Waals surface area contributed by atoms with Gasteiger partial charge in [0.1, 0.15) is 4.21 Å². The van der Waals surface area contributed by atoms with Crippen LogP contribution < -0.4 is 10.6 Å². The first-order chi connectivity index (χ1) is 12.7. The largest absolute Gasteiger partial charge is 0.351 e. The maximum absolute atomic E-state index is 12.3. The quantitative estimate of drug-likeness (QED) is 0.696. The van der Waals surface area contributed by atoms with Crippen LogP contribution in [0.5, 0.6) is 0 Å². The number of rotatable bonds is 8. The minimum absolute atomic E-state index is 0.0951. The van der Waals surface area contributed by atoms with Gasteiger partial charge in [0.2, 0.25) is 11.8 Å². The van der Waals surface area contributed by atoms with Crippen LogP contribution in [-0.4, -0.2) is 38.6 Å². The Morgan fingerprint density at radius 1 is 1.11 bits per heavy atom. The molecular formula is C18H23N3O4S2. The fourth-order valence-electron chi connectivity index (χ4n) is 2.40. The number of nitrogens with zero attached hydrogens (tertiary/aromatic N) is 1. The predicted octanol–water partition coefficient (Wildman–Crippen LogP) is 1.88. The van der Waals surface area contributed by atoms with Crippen LogP contribution in [0.1, 0.15) is 29.8 Å². The summed E-state index contributed by atoms with van der Waals surface area (Å²) in [6.45, 7) is 1.64. The Bertz CT molecular complexity index is 892. The monoisotopic (exact) mass is 409 g/mol. The van der Waals surface area contributed by atoms with Gasteiger partial charge in [-0.05, 0) is 17.7 Å². The lowest BCUT2D eigenvalue weighted by molar-refractivity contribution is -0.122. The van der Waals surface area contributed by atoms with Crippen molar-refractivity contribution in [2.24, 2.45) is 0 Å². The Hall–Kier alpha value is -2.23. The number of amides is 2. The minimum atomic E-state index is -3.47. The van der Waals surface area contributed by atoms with Crippen molar-refractivity contribution in [3.63, 3.8) is 0 Å². The van der Waals surface area contributed by atoms with Gasteiger partial charge in [-0.15, -0.1) is 11.3 Å². The maximum atomic E-state index is 12.3. The number of thiophene rings is 1. The molecule has 27 heavy (non-hydrogen) atoms. The van der Waals surface area contributed by atoms with Gasteiger partial charge in [-0.1, -0.05) is 30.3 Å². The van der Waals surface area contributed by atoms with E-state index in [1.165, 1.54) is 27.1 Å². The Labute approximate surface area is 163 Å². The van der Waals surface area contributed by atoms with E-state index in [0.717, 1.165) is 26.1 Å². The normalized spacial score (nSPS) is 12.6. The van der Waals surface area contributed by atoms with Gasteiger partial charge in [0, 0.05) is 25.9 Å². The zero-order valence-corrected chi connectivity index (χ0v) is 17.1. The molecule has 2 rings (SSSR count). The van der Waals surface area contributed by atoms with Crippen molar-refractivity contribution in [2.75, 3.05) is 14.1 Å². The number of carbonyl (C=O) groups excluding carboxylic acids is 2. The van der Waals surface area contributed by atoms with Gasteiger partial charge in [-0.2, -0.15) is 0 Å². The van der Waals surface area contributed by atoms with Crippen molar-refractivity contribution in [1.29, 1.82) is 0 Å². The van der Waals surface area contributed by atoms with E-state index in [0.29, 0.717) is 0 Å². The third-order valence-electron chi connectivity index (χ3n) is 3.80. The molecule has 1 atom stereocenters. The smallest absolute Gasteiger partial charge is 0.252 e. The summed E-state index contributed by atoms with van der Waals surface area (Å²) in [4.78, 5) is 24.5. The number of carbonyl (C=O) groups is 2. The summed E-state index contributed by atoms with van der Waals surface area (Å²) in [6.07, 6.45) is 0.0951. The van der Waals surface area contributed by atoms with Crippen molar-refractivity contribution in [3.8, 4) is 0 Å². The van der Waals surface area contributed by atoms with Gasteiger partial charge >= 0.3 is 0 Å². The SMILES string of the molecule is CC(=O)NC(CC(=O)NCc1ccc(S(=O)(=O)N(C)C)s1)c1ccccc1. The Morgan fingerprint density at radius 2 is 1.78 bits per heavy atom. The van der Waals surface area contributed by atoms with Crippen molar-refractivity contribution < 1.29 is 18.0 Å². The van der Waals surface area contributed by atoms with Gasteiger partial charge in [0.05, 0.1) is 19.0 Å². The molecule has 2 N–H and O–H groups in total. The van der Waals surface area contributed by atoms with Crippen LogP contribution in [0, 0.1) is 0 Å². The van der Waals surface area contributed by atoms with Crippen LogP contribution in [0.3, 0.4) is 0 Å². The molecule has 1 aromatic heterocycles. The summed E-state index contributed by atoms with van der Waals surface area (Å²) in [5.74, 6) is -0.448. The van der Waals surface area contributed by atoms with Crippen molar-refractivity contribution in [1.82, 2.24) is 14.9 Å². The molecule has 0 bridgehead atoms. The number of benzene rings is 1. The summed E-state index contributed by atoms with van der Waals surface area (Å²) < 4.78 is 25.6. The summed E-state index contributed by atoms with van der Waals surface area (Å²) in [5.41, 5.74) is 0.846. The topological polar surface area (TPSA) is 95.6 Å². The average Bonchev–Trinajstić information content (AvgIpc) is 3.09. The molecule has 9 heteroatoms. The fraction of sp³-hybridized carbons (Fsp3) is 0.333. The number of hydrogen-bond acceptors (Lipinski definition) is 5. The van der Waals surface area contributed by atoms with Crippen LogP contribution in [0.2, 0.25) is 0 Å². The molecule has 1 aromatic carbocycles. The summed E-state index contributed by atoms with van der Waals surface area (Å²) in [6, 6.07) is 12.1. The Kier molecular flexibility index (Phi) is 7.11. The molecule has 0 saturated heterocycles. The molecule has 2 amide bonds. The second kappa shape index (κ2) is 9.12. The van der Waals surface area contributed by atoms with Crippen LogP contribution in [0.25, 0.3) is 0 Å². The van der Waals surface area contributed by atoms with Crippen LogP contribution in [0.15, 0.2) is 46.7 Å². The first kappa shape index (κ1) is 21.1. The molecule has 7 nitrogen and oxygen atoms in total. The first-order valence-electron chi connectivity index (χ1n) is 8.30. The highest BCUT2D eigenvalue weighted by atomic mass is 32.2. The Balaban J connectivity index is 1.98. The molecule has 0 fully saturated rings. The maximum Gasteiger partial charge on any atom is 0.252 e. The number of sulfonamides is 1. The van der Waals surface area contributed by atoms with Crippen LogP contribution >= 0.6 is 11.3 Å². The highest BCUT2D eigenvalue weighted by Crippen LogP contribution is 2.24. The van der Waals surface area contributed by atoms with Crippen molar-refractivity contribution in [2.45, 2.75) is 30.1 Å². The average molecular weight is 410 g/mol. The molecule has 0 aliphatic heterocycles. The Morgan fingerprint density at radius 3 is 2.37 bits per heavy atom. The summed E-state index contributed by atoms with van der Waals surface area (Å²) in [5, 5.41) is 5.56. The molecule has 146 valence electrons. The van der Waals surface area contributed by atoms with Gasteiger partial charge in [-0.25, -0.2) is 12.7 Å². The van der Waals surface area contributed by atoms with E-state index >= 15 is 0 Å². The lowest BCUT2D eigenvalue weighted by atomic mass is 10.0. The molecular weight excluding hydrogens is 386 g/mol. The molecule has 0 radical (unpaired) electrons. The van der Waals surface area contributed by atoms with E-state index in [-0.39, 0.29) is 29.0 Å². The van der Waals surface area contributed by atoms with E-state index in [2.05, 4.69) is 10.6 Å². The zero-order chi connectivity index (χ0) is 20.0. The van der Waals surface area contributed by atoms with Gasteiger partial charge < -0.3 is 10.6 Å². The molecule has 0 aliphatic carbocycles. The number of hydrogen-bond donors (Lipinski definition) is 2. The first-order valence-corrected chi connectivity index (χ1v) is 10.6. The molecule has 1 unspecified atom stereocenters. The molecule has 1 heterocycles. The van der Waals surface area contributed by atoms with Crippen LogP contribution in [-0.2, 0) is 26.2 Å². The zero-order valence-electron chi connectivity index (χ0n) is 15.4. The van der Waals surface area contributed by atoms with Crippen molar-refractivity contribution in [3.05, 3.63) is 52.9 Å². The minimum Gasteiger partial charge on any atom is -0.351 e. The molecule has 2 aromatic rings. The van der Waals surface area contributed by atoms with E-state index in [1.54, 1.807) is 6.07 Å². The van der Waals surface area contributed by atoms with Gasteiger partial charge in [0.15, 0.2) is 0 Å². The second-order valence-corrected chi connectivity index (χ2v) is 9.70. The summed E-state index contributed by atoms with van der Waals surface area (Å²) >= 11 is 1.12. The highest BCUT2D eigenvalue weighted by molar-refractivity contribution is 7.91. The standard InChI is InChI=1S/C18H23N3O4S2/c1-13(22)20-16(14-7-5-4-6-8-14)11-17(23)19-12-15-9-10-18(26-15)27(24,25)21(2)3/h4-10,16H,11-12H2,1-3H3,(H,19,23)(H,20,22). The van der Waals surface area contributed by atoms with E-state index in [1.807, 2.05) is 30.3 Å². The third-order valence-corrected chi connectivity index (χ3v) is 7.17. The van der Waals surface area contributed by atoms with Gasteiger partial charge in [0.25, 0.3) is 10.0 Å². The molecule has 0 saturated carbocycles. The second-order valence-electron chi connectivity index (χ2n) is 6.15. The third kappa shape index (κ3) is 5.88. The molecule has 0 aliphatic rings. The highest BCUT2D eigenvalue weighted by Gasteiger charge is 2.20. The van der Waals surface area contributed by atoms with Crippen LogP contribution in [0.4, 0.5) is 0 Å². The number of nitrogens with one attached hydrogen (secondary N) is 2. The van der Waals surface area contributed by atoms with Crippen molar-refractivity contribution >= 4 is 33.2 Å². The van der Waals surface area contributed by atoms with E-state index < -0.39 is 16.1 Å². The predicted molar refractivity (Wildman–Crippen MR) is 105 cm³/mol.